The number of phenols is 1. The molecule has 0 bridgehead atoms. The van der Waals surface area contributed by atoms with Gasteiger partial charge in [0.2, 0.25) is 0 Å². The molecular formula is C17H15N3O4. The van der Waals surface area contributed by atoms with Crippen molar-refractivity contribution in [3.63, 3.8) is 0 Å². The van der Waals surface area contributed by atoms with Gasteiger partial charge in [0, 0.05) is 0 Å². The number of hydrogen-bond donors (Lipinski definition) is 2. The van der Waals surface area contributed by atoms with Gasteiger partial charge in [-0.2, -0.15) is 10.4 Å². The summed E-state index contributed by atoms with van der Waals surface area (Å²) < 4.78 is 10.2. The van der Waals surface area contributed by atoms with Gasteiger partial charge in [-0.25, -0.2) is 5.43 Å². The Bertz CT molecular complexity index is 779. The molecule has 2 aromatic rings. The molecule has 0 fully saturated rings. The minimum atomic E-state index is -0.437. The molecular weight excluding hydrogens is 310 g/mol. The number of ether oxygens (including phenoxy) is 2. The van der Waals surface area contributed by atoms with E-state index in [1.165, 1.54) is 19.4 Å². The third-order valence-electron chi connectivity index (χ3n) is 2.96. The SMILES string of the molecule is COc1ccc(/C=N\NC(=O)COc2ccc(C#N)cc2)cc1O. The number of methoxy groups -OCH3 is 1. The van der Waals surface area contributed by atoms with E-state index in [0.717, 1.165) is 0 Å². The van der Waals surface area contributed by atoms with Crippen LogP contribution in [0.1, 0.15) is 11.1 Å². The second-order valence-electron chi connectivity index (χ2n) is 4.65. The number of phenolic OH excluding ortho intramolecular Hbond substituents is 1. The van der Waals surface area contributed by atoms with Gasteiger partial charge in [0.1, 0.15) is 5.75 Å². The van der Waals surface area contributed by atoms with Crippen molar-refractivity contribution in [3.05, 3.63) is 53.6 Å². The van der Waals surface area contributed by atoms with Gasteiger partial charge in [0.25, 0.3) is 5.91 Å². The first-order valence-electron chi connectivity index (χ1n) is 6.94. The smallest absolute Gasteiger partial charge is 0.277 e. The molecule has 0 aliphatic heterocycles. The van der Waals surface area contributed by atoms with Crippen LogP contribution in [0.2, 0.25) is 0 Å². The van der Waals surface area contributed by atoms with Gasteiger partial charge in [-0.05, 0) is 48.0 Å². The number of amides is 1. The van der Waals surface area contributed by atoms with Crippen molar-refractivity contribution in [1.82, 2.24) is 5.43 Å². The van der Waals surface area contributed by atoms with Crippen LogP contribution in [-0.2, 0) is 4.79 Å². The van der Waals surface area contributed by atoms with E-state index >= 15 is 0 Å². The van der Waals surface area contributed by atoms with Crippen molar-refractivity contribution >= 4 is 12.1 Å². The highest BCUT2D eigenvalue weighted by atomic mass is 16.5. The lowest BCUT2D eigenvalue weighted by atomic mass is 10.2. The molecule has 0 heterocycles. The highest BCUT2D eigenvalue weighted by molar-refractivity contribution is 5.83. The van der Waals surface area contributed by atoms with E-state index in [1.807, 2.05) is 6.07 Å². The Hall–Kier alpha value is -3.53. The Morgan fingerprint density at radius 2 is 2.08 bits per heavy atom. The van der Waals surface area contributed by atoms with Crippen LogP contribution in [0, 0.1) is 11.3 Å². The van der Waals surface area contributed by atoms with E-state index in [9.17, 15) is 9.90 Å². The summed E-state index contributed by atoms with van der Waals surface area (Å²) in [7, 11) is 1.46. The maximum absolute atomic E-state index is 11.6. The Morgan fingerprint density at radius 3 is 2.71 bits per heavy atom. The first kappa shape index (κ1) is 16.8. The van der Waals surface area contributed by atoms with Gasteiger partial charge < -0.3 is 14.6 Å². The van der Waals surface area contributed by atoms with Crippen LogP contribution in [-0.4, -0.2) is 30.9 Å². The molecule has 1 amide bonds. The lowest BCUT2D eigenvalue weighted by Gasteiger charge is -2.05. The molecule has 0 radical (unpaired) electrons. The average Bonchev–Trinajstić information content (AvgIpc) is 2.60. The molecule has 0 aliphatic rings. The predicted octanol–water partition coefficient (Wildman–Crippen LogP) is 1.80. The third kappa shape index (κ3) is 4.74. The van der Waals surface area contributed by atoms with Crippen LogP contribution in [0.15, 0.2) is 47.6 Å². The molecule has 0 saturated carbocycles. The normalized spacial score (nSPS) is 10.2. The molecule has 7 nitrogen and oxygen atoms in total. The topological polar surface area (TPSA) is 104 Å². The van der Waals surface area contributed by atoms with Gasteiger partial charge in [-0.15, -0.1) is 0 Å². The number of benzene rings is 2. The van der Waals surface area contributed by atoms with Crippen molar-refractivity contribution in [2.45, 2.75) is 0 Å². The number of nitriles is 1. The second kappa shape index (κ2) is 8.19. The van der Waals surface area contributed by atoms with Crippen molar-refractivity contribution in [3.8, 4) is 23.3 Å². The number of rotatable bonds is 6. The first-order chi connectivity index (χ1) is 11.6. The van der Waals surface area contributed by atoms with Gasteiger partial charge in [-0.1, -0.05) is 0 Å². The van der Waals surface area contributed by atoms with Crippen LogP contribution in [0.3, 0.4) is 0 Å². The molecule has 0 unspecified atom stereocenters. The maximum atomic E-state index is 11.6. The molecule has 7 heteroatoms. The monoisotopic (exact) mass is 325 g/mol. The van der Waals surface area contributed by atoms with E-state index in [0.29, 0.717) is 22.6 Å². The van der Waals surface area contributed by atoms with Crippen LogP contribution < -0.4 is 14.9 Å². The number of hydrogen-bond acceptors (Lipinski definition) is 6. The van der Waals surface area contributed by atoms with Crippen LogP contribution in [0.4, 0.5) is 0 Å². The summed E-state index contributed by atoms with van der Waals surface area (Å²) in [5, 5.41) is 22.1. The van der Waals surface area contributed by atoms with Gasteiger partial charge >= 0.3 is 0 Å². The summed E-state index contributed by atoms with van der Waals surface area (Å²) in [6.07, 6.45) is 1.39. The Kier molecular flexibility index (Phi) is 5.75. The lowest BCUT2D eigenvalue weighted by molar-refractivity contribution is -0.123. The van der Waals surface area contributed by atoms with Crippen molar-refractivity contribution in [2.75, 3.05) is 13.7 Å². The fraction of sp³-hybridized carbons (Fsp3) is 0.118. The fourth-order valence-electron chi connectivity index (χ4n) is 1.77. The molecule has 2 N–H and O–H groups in total. The van der Waals surface area contributed by atoms with Crippen molar-refractivity contribution in [1.29, 1.82) is 5.26 Å². The number of hydrazone groups is 1. The van der Waals surface area contributed by atoms with E-state index in [-0.39, 0.29) is 12.4 Å². The van der Waals surface area contributed by atoms with Crippen LogP contribution in [0.25, 0.3) is 0 Å². The molecule has 0 spiro atoms. The quantitative estimate of drug-likeness (QED) is 0.622. The largest absolute Gasteiger partial charge is 0.504 e. The number of carbonyl (C=O) groups is 1. The van der Waals surface area contributed by atoms with Crippen molar-refractivity contribution < 1.29 is 19.4 Å². The Labute approximate surface area is 138 Å². The Balaban J connectivity index is 1.82. The zero-order valence-corrected chi connectivity index (χ0v) is 12.9. The van der Waals surface area contributed by atoms with Crippen LogP contribution in [0.5, 0.6) is 17.2 Å². The number of carbonyl (C=O) groups excluding carboxylic acids is 1. The number of aromatic hydroxyl groups is 1. The highest BCUT2D eigenvalue weighted by Crippen LogP contribution is 2.25. The molecule has 2 aromatic carbocycles. The standard InChI is InChI=1S/C17H15N3O4/c1-23-16-7-4-13(8-15(16)21)10-19-20-17(22)11-24-14-5-2-12(9-18)3-6-14/h2-8,10,21H,11H2,1H3,(H,20,22)/b19-10-. The molecule has 0 saturated heterocycles. The van der Waals surface area contributed by atoms with Crippen molar-refractivity contribution in [2.24, 2.45) is 5.10 Å². The number of nitrogens with one attached hydrogen (secondary N) is 1. The second-order valence-corrected chi connectivity index (χ2v) is 4.65. The minimum Gasteiger partial charge on any atom is -0.504 e. The summed E-state index contributed by atoms with van der Waals surface area (Å²) >= 11 is 0. The molecule has 2 rings (SSSR count). The zero-order chi connectivity index (χ0) is 17.4. The zero-order valence-electron chi connectivity index (χ0n) is 12.9. The predicted molar refractivity (Wildman–Crippen MR) is 87.0 cm³/mol. The first-order valence-corrected chi connectivity index (χ1v) is 6.94. The lowest BCUT2D eigenvalue weighted by Crippen LogP contribution is -2.24. The van der Waals surface area contributed by atoms with E-state index in [1.54, 1.807) is 36.4 Å². The van der Waals surface area contributed by atoms with E-state index in [4.69, 9.17) is 14.7 Å². The summed E-state index contributed by atoms with van der Waals surface area (Å²) in [4.78, 5) is 11.6. The van der Waals surface area contributed by atoms with Crippen LogP contribution >= 0.6 is 0 Å². The molecule has 122 valence electrons. The van der Waals surface area contributed by atoms with E-state index in [2.05, 4.69) is 10.5 Å². The molecule has 0 atom stereocenters. The highest BCUT2D eigenvalue weighted by Gasteiger charge is 2.03. The summed E-state index contributed by atoms with van der Waals surface area (Å²) in [5.74, 6) is 0.380. The summed E-state index contributed by atoms with van der Waals surface area (Å²) in [6.45, 7) is -0.211. The maximum Gasteiger partial charge on any atom is 0.277 e. The molecule has 0 aliphatic carbocycles. The minimum absolute atomic E-state index is 0.0167. The molecule has 0 aromatic heterocycles. The fourth-order valence-corrected chi connectivity index (χ4v) is 1.77. The Morgan fingerprint density at radius 1 is 1.33 bits per heavy atom. The van der Waals surface area contributed by atoms with Gasteiger partial charge in [-0.3, -0.25) is 4.79 Å². The average molecular weight is 325 g/mol. The van der Waals surface area contributed by atoms with Gasteiger partial charge in [0.05, 0.1) is 25.0 Å². The summed E-state index contributed by atoms with van der Waals surface area (Å²) in [6, 6.07) is 13.1. The van der Waals surface area contributed by atoms with E-state index < -0.39 is 5.91 Å². The number of nitrogens with zero attached hydrogens (tertiary/aromatic N) is 2. The van der Waals surface area contributed by atoms with Gasteiger partial charge in [0.15, 0.2) is 18.1 Å². The molecule has 24 heavy (non-hydrogen) atoms. The summed E-state index contributed by atoms with van der Waals surface area (Å²) in [5.41, 5.74) is 3.42. The third-order valence-corrected chi connectivity index (χ3v) is 2.96.